The molecule has 0 spiro atoms. The fraction of sp³-hybridized carbons (Fsp3) is 0.286. The zero-order valence-electron chi connectivity index (χ0n) is 11.8. The number of sulfonamides is 1. The lowest BCUT2D eigenvalue weighted by molar-refractivity contribution is 0.101. The molecule has 1 aliphatic rings. The molecule has 2 heterocycles. The van der Waals surface area contributed by atoms with Crippen molar-refractivity contribution in [2.24, 2.45) is 7.05 Å². The van der Waals surface area contributed by atoms with Crippen molar-refractivity contribution in [3.63, 3.8) is 0 Å². The number of nitrogens with zero attached hydrogens (tertiary/aromatic N) is 3. The lowest BCUT2D eigenvalue weighted by atomic mass is 10.1. The molecule has 0 N–H and O–H groups in total. The van der Waals surface area contributed by atoms with E-state index >= 15 is 0 Å². The van der Waals surface area contributed by atoms with E-state index < -0.39 is 10.0 Å². The molecule has 0 saturated carbocycles. The summed E-state index contributed by atoms with van der Waals surface area (Å²) in [7, 11) is -1.92. The third kappa shape index (κ3) is 2.23. The summed E-state index contributed by atoms with van der Waals surface area (Å²) in [6.07, 6.45) is 3.43. The summed E-state index contributed by atoms with van der Waals surface area (Å²) < 4.78 is 28.1. The number of carbonyl (C=O) groups excluding carboxylic acids is 1. The zero-order valence-corrected chi connectivity index (χ0v) is 12.6. The van der Waals surface area contributed by atoms with Gasteiger partial charge in [-0.25, -0.2) is 8.42 Å². The molecule has 0 unspecified atom stereocenters. The average molecular weight is 305 g/mol. The Morgan fingerprint density at radius 2 is 2.10 bits per heavy atom. The Kier molecular flexibility index (Phi) is 3.09. The number of anilines is 1. The van der Waals surface area contributed by atoms with Crippen LogP contribution in [0.4, 0.5) is 5.69 Å². The molecular weight excluding hydrogens is 290 g/mol. The maximum absolute atomic E-state index is 12.6. The summed E-state index contributed by atoms with van der Waals surface area (Å²) in [6.45, 7) is 1.88. The number of aryl methyl sites for hydroxylation is 1. The molecular formula is C14H15N3O3S. The molecule has 0 saturated heterocycles. The van der Waals surface area contributed by atoms with Crippen LogP contribution in [0, 0.1) is 0 Å². The molecule has 0 aliphatic carbocycles. The zero-order chi connectivity index (χ0) is 15.2. The molecule has 0 radical (unpaired) electrons. The molecule has 0 bridgehead atoms. The second-order valence-electron chi connectivity index (χ2n) is 5.08. The highest BCUT2D eigenvalue weighted by Gasteiger charge is 2.31. The van der Waals surface area contributed by atoms with E-state index in [-0.39, 0.29) is 10.7 Å². The van der Waals surface area contributed by atoms with Gasteiger partial charge in [-0.1, -0.05) is 0 Å². The van der Waals surface area contributed by atoms with Gasteiger partial charge in [0.15, 0.2) is 5.78 Å². The monoisotopic (exact) mass is 305 g/mol. The quantitative estimate of drug-likeness (QED) is 0.803. The Labute approximate surface area is 123 Å². The predicted molar refractivity (Wildman–Crippen MR) is 77.9 cm³/mol. The van der Waals surface area contributed by atoms with Gasteiger partial charge in [0.2, 0.25) is 0 Å². The smallest absolute Gasteiger partial charge is 0.267 e. The first-order valence-electron chi connectivity index (χ1n) is 6.55. The van der Waals surface area contributed by atoms with Crippen LogP contribution in [0.2, 0.25) is 0 Å². The Balaban J connectivity index is 2.03. The van der Waals surface area contributed by atoms with Crippen LogP contribution in [0.3, 0.4) is 0 Å². The number of ketones is 1. The van der Waals surface area contributed by atoms with Gasteiger partial charge in [0, 0.05) is 25.4 Å². The van der Waals surface area contributed by atoms with Crippen LogP contribution >= 0.6 is 0 Å². The molecule has 7 heteroatoms. The van der Waals surface area contributed by atoms with Gasteiger partial charge in [-0.15, -0.1) is 0 Å². The predicted octanol–water partition coefficient (Wildman–Crippen LogP) is 1.37. The number of benzene rings is 1. The van der Waals surface area contributed by atoms with Gasteiger partial charge in [0.25, 0.3) is 10.0 Å². The van der Waals surface area contributed by atoms with Crippen LogP contribution < -0.4 is 4.31 Å². The number of hydrogen-bond acceptors (Lipinski definition) is 4. The molecule has 0 atom stereocenters. The van der Waals surface area contributed by atoms with Crippen molar-refractivity contribution >= 4 is 21.5 Å². The van der Waals surface area contributed by atoms with Gasteiger partial charge in [-0.2, -0.15) is 5.10 Å². The largest absolute Gasteiger partial charge is 0.295 e. The van der Waals surface area contributed by atoms with Crippen molar-refractivity contribution < 1.29 is 13.2 Å². The van der Waals surface area contributed by atoms with Crippen molar-refractivity contribution in [2.45, 2.75) is 18.2 Å². The van der Waals surface area contributed by atoms with Crippen LogP contribution in [-0.4, -0.2) is 30.5 Å². The molecule has 2 aromatic rings. The van der Waals surface area contributed by atoms with Gasteiger partial charge in [-0.3, -0.25) is 13.8 Å². The number of rotatable bonds is 3. The Hall–Kier alpha value is -2.15. The van der Waals surface area contributed by atoms with E-state index in [0.29, 0.717) is 24.2 Å². The molecule has 1 aliphatic heterocycles. The number of aromatic nitrogens is 2. The first-order valence-corrected chi connectivity index (χ1v) is 7.99. The summed E-state index contributed by atoms with van der Waals surface area (Å²) >= 11 is 0. The fourth-order valence-electron chi connectivity index (χ4n) is 2.50. The number of fused-ring (bicyclic) bond motifs is 1. The topological polar surface area (TPSA) is 72.3 Å². The number of hydrogen-bond donors (Lipinski definition) is 0. The van der Waals surface area contributed by atoms with Gasteiger partial charge in [0.1, 0.15) is 4.90 Å². The van der Waals surface area contributed by atoms with Crippen LogP contribution in [0.5, 0.6) is 0 Å². The third-order valence-electron chi connectivity index (χ3n) is 3.61. The van der Waals surface area contributed by atoms with Gasteiger partial charge in [0.05, 0.1) is 11.9 Å². The normalized spacial score (nSPS) is 14.3. The third-order valence-corrected chi connectivity index (χ3v) is 5.37. The molecule has 0 fully saturated rings. The Morgan fingerprint density at radius 3 is 2.71 bits per heavy atom. The fourth-order valence-corrected chi connectivity index (χ4v) is 3.99. The van der Waals surface area contributed by atoms with E-state index in [2.05, 4.69) is 5.10 Å². The van der Waals surface area contributed by atoms with Crippen LogP contribution in [0.1, 0.15) is 22.8 Å². The Morgan fingerprint density at radius 1 is 1.33 bits per heavy atom. The first-order chi connectivity index (χ1) is 9.89. The number of Topliss-reactive ketones (excluding diaryl/α,β-unsaturated/α-hetero) is 1. The van der Waals surface area contributed by atoms with Crippen molar-refractivity contribution in [3.05, 3.63) is 41.7 Å². The van der Waals surface area contributed by atoms with E-state index in [1.54, 1.807) is 25.2 Å². The highest BCUT2D eigenvalue weighted by Crippen LogP contribution is 2.33. The number of carbonyl (C=O) groups is 1. The summed E-state index contributed by atoms with van der Waals surface area (Å²) in [6, 6.07) is 5.14. The highest BCUT2D eigenvalue weighted by molar-refractivity contribution is 7.92. The van der Waals surface area contributed by atoms with Gasteiger partial charge < -0.3 is 0 Å². The van der Waals surface area contributed by atoms with Crippen molar-refractivity contribution in [3.8, 4) is 0 Å². The summed E-state index contributed by atoms with van der Waals surface area (Å²) in [5.74, 6) is -0.0219. The highest BCUT2D eigenvalue weighted by atomic mass is 32.2. The van der Waals surface area contributed by atoms with E-state index in [9.17, 15) is 13.2 Å². The standard InChI is InChI=1S/C14H15N3O3S/c1-10(18)11-3-4-14-12(7-11)5-6-17(14)21(19,20)13-8-15-16(2)9-13/h3-4,7-9H,5-6H2,1-2H3. The summed E-state index contributed by atoms with van der Waals surface area (Å²) in [5, 5.41) is 3.91. The van der Waals surface area contributed by atoms with Crippen molar-refractivity contribution in [2.75, 3.05) is 10.8 Å². The lowest BCUT2D eigenvalue weighted by Crippen LogP contribution is -2.28. The molecule has 0 amide bonds. The minimum Gasteiger partial charge on any atom is -0.295 e. The van der Waals surface area contributed by atoms with Crippen LogP contribution in [-0.2, 0) is 23.5 Å². The molecule has 6 nitrogen and oxygen atoms in total. The van der Waals surface area contributed by atoms with E-state index in [1.807, 2.05) is 0 Å². The lowest BCUT2D eigenvalue weighted by Gasteiger charge is -2.18. The molecule has 1 aromatic heterocycles. The SMILES string of the molecule is CC(=O)c1ccc2c(c1)CCN2S(=O)(=O)c1cnn(C)c1. The molecule has 3 rings (SSSR count). The minimum atomic E-state index is -3.60. The van der Waals surface area contributed by atoms with Crippen LogP contribution in [0.15, 0.2) is 35.5 Å². The maximum atomic E-state index is 12.6. The van der Waals surface area contributed by atoms with Gasteiger partial charge in [-0.05, 0) is 37.1 Å². The summed E-state index contributed by atoms with van der Waals surface area (Å²) in [5.41, 5.74) is 2.13. The second kappa shape index (κ2) is 4.70. The molecule has 110 valence electrons. The van der Waals surface area contributed by atoms with Crippen molar-refractivity contribution in [1.82, 2.24) is 9.78 Å². The minimum absolute atomic E-state index is 0.0219. The Bertz CT molecular complexity index is 824. The summed E-state index contributed by atoms with van der Waals surface area (Å²) in [4.78, 5) is 11.6. The van der Waals surface area contributed by atoms with E-state index in [0.717, 1.165) is 5.56 Å². The van der Waals surface area contributed by atoms with E-state index in [1.165, 1.54) is 28.3 Å². The van der Waals surface area contributed by atoms with Crippen molar-refractivity contribution in [1.29, 1.82) is 0 Å². The maximum Gasteiger partial charge on any atom is 0.267 e. The average Bonchev–Trinajstić information content (AvgIpc) is 3.04. The molecule has 1 aromatic carbocycles. The first kappa shape index (κ1) is 13.8. The second-order valence-corrected chi connectivity index (χ2v) is 6.94. The van der Waals surface area contributed by atoms with Crippen LogP contribution in [0.25, 0.3) is 0 Å². The van der Waals surface area contributed by atoms with Gasteiger partial charge >= 0.3 is 0 Å². The molecule has 21 heavy (non-hydrogen) atoms. The van der Waals surface area contributed by atoms with E-state index in [4.69, 9.17) is 0 Å².